The Hall–Kier alpha value is -0.680. The summed E-state index contributed by atoms with van der Waals surface area (Å²) in [7, 11) is 0. The van der Waals surface area contributed by atoms with Gasteiger partial charge in [0.25, 0.3) is 0 Å². The molecular weight excluding hydrogens is 229 g/mol. The maximum absolute atomic E-state index is 6.10. The smallest absolute Gasteiger partial charge is 0.0469 e. The molecule has 0 spiro atoms. The summed E-state index contributed by atoms with van der Waals surface area (Å²) < 4.78 is 0. The summed E-state index contributed by atoms with van der Waals surface area (Å²) >= 11 is 12.2. The molecule has 0 aliphatic carbocycles. The van der Waals surface area contributed by atoms with E-state index in [9.17, 15) is 0 Å². The number of hydrogen-bond acceptors (Lipinski definition) is 1. The lowest BCUT2D eigenvalue weighted by molar-refractivity contribution is 0.566. The van der Waals surface area contributed by atoms with Crippen LogP contribution >= 0.6 is 23.2 Å². The van der Waals surface area contributed by atoms with Gasteiger partial charge in [-0.2, -0.15) is 0 Å². The van der Waals surface area contributed by atoms with E-state index in [0.29, 0.717) is 16.5 Å². The van der Waals surface area contributed by atoms with Crippen molar-refractivity contribution in [2.45, 2.75) is 19.4 Å². The number of terminal acetylenes is 1. The van der Waals surface area contributed by atoms with Gasteiger partial charge in [0.15, 0.2) is 0 Å². The highest BCUT2D eigenvalue weighted by molar-refractivity contribution is 6.36. The Kier molecular flexibility index (Phi) is 4.98. The second-order valence-corrected chi connectivity index (χ2v) is 3.97. The van der Waals surface area contributed by atoms with Crippen LogP contribution in [-0.2, 0) is 0 Å². The van der Waals surface area contributed by atoms with Gasteiger partial charge in [-0.1, -0.05) is 36.2 Å². The van der Waals surface area contributed by atoms with Gasteiger partial charge in [0.2, 0.25) is 0 Å². The van der Waals surface area contributed by atoms with E-state index in [1.165, 1.54) is 0 Å². The van der Waals surface area contributed by atoms with Crippen LogP contribution in [0.5, 0.6) is 0 Å². The van der Waals surface area contributed by atoms with Crippen LogP contribution in [0.3, 0.4) is 0 Å². The fraction of sp³-hybridized carbons (Fsp3) is 0.333. The highest BCUT2D eigenvalue weighted by Crippen LogP contribution is 2.31. The van der Waals surface area contributed by atoms with Gasteiger partial charge in [-0.3, -0.25) is 0 Å². The minimum Gasteiger partial charge on any atom is -0.309 e. The van der Waals surface area contributed by atoms with Crippen LogP contribution in [0.1, 0.15) is 24.9 Å². The van der Waals surface area contributed by atoms with E-state index in [4.69, 9.17) is 29.6 Å². The van der Waals surface area contributed by atoms with Crippen LogP contribution in [0, 0.1) is 12.3 Å². The van der Waals surface area contributed by atoms with Gasteiger partial charge in [0.05, 0.1) is 0 Å². The molecule has 3 heteroatoms. The Morgan fingerprint density at radius 3 is 2.47 bits per heavy atom. The predicted molar refractivity (Wildman–Crippen MR) is 66.3 cm³/mol. The van der Waals surface area contributed by atoms with E-state index in [2.05, 4.69) is 11.2 Å². The van der Waals surface area contributed by atoms with Crippen LogP contribution in [0.25, 0.3) is 0 Å². The molecule has 0 fully saturated rings. The highest BCUT2D eigenvalue weighted by Gasteiger charge is 2.15. The van der Waals surface area contributed by atoms with Gasteiger partial charge in [-0.25, -0.2) is 0 Å². The van der Waals surface area contributed by atoms with E-state index in [0.717, 1.165) is 12.1 Å². The van der Waals surface area contributed by atoms with Crippen molar-refractivity contribution in [1.82, 2.24) is 5.32 Å². The minimum atomic E-state index is 0.0289. The quantitative estimate of drug-likeness (QED) is 0.794. The van der Waals surface area contributed by atoms with Crippen LogP contribution in [0.4, 0.5) is 0 Å². The first-order chi connectivity index (χ1) is 7.20. The van der Waals surface area contributed by atoms with E-state index in [1.807, 2.05) is 25.1 Å². The number of halogens is 2. The van der Waals surface area contributed by atoms with Crippen LogP contribution < -0.4 is 5.32 Å². The van der Waals surface area contributed by atoms with Gasteiger partial charge in [-0.15, -0.1) is 12.3 Å². The van der Waals surface area contributed by atoms with Crippen LogP contribution in [0.2, 0.25) is 10.0 Å². The van der Waals surface area contributed by atoms with Gasteiger partial charge in [0.1, 0.15) is 0 Å². The zero-order valence-corrected chi connectivity index (χ0v) is 10.1. The summed E-state index contributed by atoms with van der Waals surface area (Å²) in [4.78, 5) is 0. The van der Waals surface area contributed by atoms with Gasteiger partial charge >= 0.3 is 0 Å². The van der Waals surface area contributed by atoms with Gasteiger partial charge in [0, 0.05) is 28.1 Å². The Labute approximate surface area is 101 Å². The standard InChI is InChI=1S/C12H13Cl2N/c1-3-6-11(15-4-2)12-9(13)7-5-8-10(12)14/h1,5,7-8,11,15H,4,6H2,2H3. The molecule has 0 amide bonds. The second-order valence-electron chi connectivity index (χ2n) is 3.15. The molecule has 0 aromatic heterocycles. The Morgan fingerprint density at radius 2 is 2.00 bits per heavy atom. The van der Waals surface area contributed by atoms with E-state index >= 15 is 0 Å². The Balaban J connectivity index is 3.05. The maximum Gasteiger partial charge on any atom is 0.0469 e. The molecule has 0 radical (unpaired) electrons. The Bertz CT molecular complexity index is 348. The normalized spacial score (nSPS) is 12.1. The van der Waals surface area contributed by atoms with Crippen molar-refractivity contribution in [3.8, 4) is 12.3 Å². The third-order valence-corrected chi connectivity index (χ3v) is 2.78. The SMILES string of the molecule is C#CCC(NCC)c1c(Cl)cccc1Cl. The molecule has 1 unspecified atom stereocenters. The molecule has 1 aromatic rings. The van der Waals surface area contributed by atoms with Gasteiger partial charge < -0.3 is 5.32 Å². The molecule has 15 heavy (non-hydrogen) atoms. The topological polar surface area (TPSA) is 12.0 Å². The average Bonchev–Trinajstić information content (AvgIpc) is 2.18. The summed E-state index contributed by atoms with van der Waals surface area (Å²) in [6.45, 7) is 2.85. The lowest BCUT2D eigenvalue weighted by atomic mass is 10.0. The van der Waals surface area contributed by atoms with E-state index in [-0.39, 0.29) is 6.04 Å². The van der Waals surface area contributed by atoms with E-state index in [1.54, 1.807) is 0 Å². The zero-order valence-electron chi connectivity index (χ0n) is 8.56. The second kappa shape index (κ2) is 6.02. The molecule has 0 aliphatic heterocycles. The average molecular weight is 242 g/mol. The summed E-state index contributed by atoms with van der Waals surface area (Å²) in [5.41, 5.74) is 0.889. The van der Waals surface area contributed by atoms with Crippen molar-refractivity contribution >= 4 is 23.2 Å². The summed E-state index contributed by atoms with van der Waals surface area (Å²) in [5, 5.41) is 4.58. The minimum absolute atomic E-state index is 0.0289. The first-order valence-corrected chi connectivity index (χ1v) is 5.57. The Morgan fingerprint density at radius 1 is 1.40 bits per heavy atom. The molecule has 80 valence electrons. The van der Waals surface area contributed by atoms with Crippen molar-refractivity contribution in [2.24, 2.45) is 0 Å². The molecule has 1 N–H and O–H groups in total. The van der Waals surface area contributed by atoms with E-state index < -0.39 is 0 Å². The molecular formula is C12H13Cl2N. The predicted octanol–water partition coefficient (Wildman–Crippen LogP) is 3.67. The number of rotatable bonds is 4. The highest BCUT2D eigenvalue weighted by atomic mass is 35.5. The molecule has 1 rings (SSSR count). The summed E-state index contributed by atoms with van der Waals surface area (Å²) in [6.07, 6.45) is 5.90. The third kappa shape index (κ3) is 3.14. The molecule has 0 heterocycles. The van der Waals surface area contributed by atoms with Gasteiger partial charge in [-0.05, 0) is 18.7 Å². The monoisotopic (exact) mass is 241 g/mol. The fourth-order valence-electron chi connectivity index (χ4n) is 1.48. The molecule has 0 saturated carbocycles. The fourth-order valence-corrected chi connectivity index (χ4v) is 2.15. The largest absolute Gasteiger partial charge is 0.309 e. The molecule has 0 aliphatic rings. The lowest BCUT2D eigenvalue weighted by Crippen LogP contribution is -2.21. The molecule has 1 aromatic carbocycles. The summed E-state index contributed by atoms with van der Waals surface area (Å²) in [6, 6.07) is 5.50. The van der Waals surface area contributed by atoms with Crippen LogP contribution in [-0.4, -0.2) is 6.54 Å². The van der Waals surface area contributed by atoms with Crippen molar-refractivity contribution < 1.29 is 0 Å². The third-order valence-electron chi connectivity index (χ3n) is 2.12. The first-order valence-electron chi connectivity index (χ1n) is 4.81. The molecule has 0 saturated heterocycles. The first kappa shape index (κ1) is 12.4. The van der Waals surface area contributed by atoms with Crippen LogP contribution in [0.15, 0.2) is 18.2 Å². The molecule has 1 nitrogen and oxygen atoms in total. The number of hydrogen-bond donors (Lipinski definition) is 1. The lowest BCUT2D eigenvalue weighted by Gasteiger charge is -2.18. The van der Waals surface area contributed by atoms with Crippen molar-refractivity contribution in [1.29, 1.82) is 0 Å². The number of nitrogens with one attached hydrogen (secondary N) is 1. The molecule has 0 bridgehead atoms. The van der Waals surface area contributed by atoms with Crippen molar-refractivity contribution in [3.05, 3.63) is 33.8 Å². The van der Waals surface area contributed by atoms with Crippen molar-refractivity contribution in [3.63, 3.8) is 0 Å². The maximum atomic E-state index is 6.10. The molecule has 1 atom stereocenters. The summed E-state index contributed by atoms with van der Waals surface area (Å²) in [5.74, 6) is 2.63. The zero-order chi connectivity index (χ0) is 11.3. The number of benzene rings is 1. The van der Waals surface area contributed by atoms with Crippen molar-refractivity contribution in [2.75, 3.05) is 6.54 Å².